The van der Waals surface area contributed by atoms with Crippen LogP contribution in [0.25, 0.3) is 0 Å². The molecule has 0 spiro atoms. The molecule has 2 aromatic rings. The van der Waals surface area contributed by atoms with Crippen LogP contribution in [0.2, 0.25) is 5.02 Å². The molecule has 96 valence electrons. The number of alkyl halides is 1. The van der Waals surface area contributed by atoms with Gasteiger partial charge in [0.25, 0.3) is 0 Å². The number of halogens is 2. The summed E-state index contributed by atoms with van der Waals surface area (Å²) in [5.74, 6) is 6.90. The Morgan fingerprint density at radius 1 is 1.05 bits per heavy atom. The SMILES string of the molecule is ClCC#Cc1ccc(OCc2cccc(Cl)c2)cc1. The van der Waals surface area contributed by atoms with Crippen molar-refractivity contribution in [3.8, 4) is 17.6 Å². The molecule has 2 aromatic carbocycles. The van der Waals surface area contributed by atoms with Gasteiger partial charge in [0.2, 0.25) is 0 Å². The monoisotopic (exact) mass is 290 g/mol. The van der Waals surface area contributed by atoms with E-state index in [1.807, 2.05) is 48.5 Å². The van der Waals surface area contributed by atoms with Crippen LogP contribution in [0.4, 0.5) is 0 Å². The molecular weight excluding hydrogens is 279 g/mol. The zero-order valence-corrected chi connectivity index (χ0v) is 11.7. The summed E-state index contributed by atoms with van der Waals surface area (Å²) in [5, 5.41) is 0.716. The van der Waals surface area contributed by atoms with Gasteiger partial charge in [-0.05, 0) is 42.0 Å². The van der Waals surface area contributed by atoms with Gasteiger partial charge in [0.05, 0.1) is 5.88 Å². The second kappa shape index (κ2) is 7.09. The lowest BCUT2D eigenvalue weighted by molar-refractivity contribution is 0.306. The van der Waals surface area contributed by atoms with Crippen molar-refractivity contribution in [1.82, 2.24) is 0 Å². The van der Waals surface area contributed by atoms with E-state index in [4.69, 9.17) is 27.9 Å². The molecule has 3 heteroatoms. The van der Waals surface area contributed by atoms with Gasteiger partial charge in [0, 0.05) is 10.6 Å². The van der Waals surface area contributed by atoms with E-state index in [2.05, 4.69) is 11.8 Å². The van der Waals surface area contributed by atoms with Crippen molar-refractivity contribution < 1.29 is 4.74 Å². The van der Waals surface area contributed by atoms with E-state index >= 15 is 0 Å². The minimum Gasteiger partial charge on any atom is -0.489 e. The standard InChI is InChI=1S/C16H12Cl2O/c17-10-2-4-13-6-8-16(9-7-13)19-12-14-3-1-5-15(18)11-14/h1,3,5-9,11H,10,12H2. The van der Waals surface area contributed by atoms with E-state index in [0.29, 0.717) is 17.5 Å². The molecule has 0 N–H and O–H groups in total. The molecule has 0 amide bonds. The molecule has 0 fully saturated rings. The van der Waals surface area contributed by atoms with Gasteiger partial charge in [0.15, 0.2) is 0 Å². The Kier molecular flexibility index (Phi) is 5.15. The maximum Gasteiger partial charge on any atom is 0.119 e. The quantitative estimate of drug-likeness (QED) is 0.597. The Hall–Kier alpha value is -1.62. The van der Waals surface area contributed by atoms with Gasteiger partial charge in [-0.25, -0.2) is 0 Å². The first-order valence-electron chi connectivity index (χ1n) is 5.80. The third-order valence-electron chi connectivity index (χ3n) is 2.45. The Morgan fingerprint density at radius 3 is 2.53 bits per heavy atom. The highest BCUT2D eigenvalue weighted by atomic mass is 35.5. The minimum atomic E-state index is 0.340. The van der Waals surface area contributed by atoms with Crippen LogP contribution in [-0.2, 0) is 6.61 Å². The smallest absolute Gasteiger partial charge is 0.119 e. The maximum atomic E-state index is 5.91. The molecule has 0 radical (unpaired) electrons. The first-order valence-corrected chi connectivity index (χ1v) is 6.71. The molecule has 19 heavy (non-hydrogen) atoms. The number of rotatable bonds is 3. The van der Waals surface area contributed by atoms with Crippen molar-refractivity contribution in [2.45, 2.75) is 6.61 Å². The minimum absolute atomic E-state index is 0.340. The Morgan fingerprint density at radius 2 is 1.84 bits per heavy atom. The van der Waals surface area contributed by atoms with Crippen molar-refractivity contribution in [2.24, 2.45) is 0 Å². The summed E-state index contributed by atoms with van der Waals surface area (Å²) in [5.41, 5.74) is 1.97. The van der Waals surface area contributed by atoms with Crippen LogP contribution >= 0.6 is 23.2 Å². The lowest BCUT2D eigenvalue weighted by Crippen LogP contribution is -1.95. The largest absolute Gasteiger partial charge is 0.489 e. The van der Waals surface area contributed by atoms with Gasteiger partial charge in [0.1, 0.15) is 12.4 Å². The first-order chi connectivity index (χ1) is 9.28. The lowest BCUT2D eigenvalue weighted by Gasteiger charge is -2.06. The highest BCUT2D eigenvalue weighted by Gasteiger charge is 1.97. The van der Waals surface area contributed by atoms with E-state index < -0.39 is 0 Å². The summed E-state index contributed by atoms with van der Waals surface area (Å²) in [6, 6.07) is 15.2. The second-order valence-electron chi connectivity index (χ2n) is 3.88. The lowest BCUT2D eigenvalue weighted by atomic mass is 10.2. The van der Waals surface area contributed by atoms with Gasteiger partial charge >= 0.3 is 0 Å². The maximum absolute atomic E-state index is 5.91. The van der Waals surface area contributed by atoms with Crippen LogP contribution < -0.4 is 4.74 Å². The number of hydrogen-bond donors (Lipinski definition) is 0. The van der Waals surface area contributed by atoms with E-state index in [0.717, 1.165) is 16.9 Å². The molecule has 0 atom stereocenters. The predicted octanol–water partition coefficient (Wildman–Crippen LogP) is 4.51. The summed E-state index contributed by atoms with van der Waals surface area (Å²) in [6.07, 6.45) is 0. The summed E-state index contributed by atoms with van der Waals surface area (Å²) in [7, 11) is 0. The van der Waals surface area contributed by atoms with Crippen LogP contribution in [0.5, 0.6) is 5.75 Å². The molecule has 1 nitrogen and oxygen atoms in total. The van der Waals surface area contributed by atoms with Crippen LogP contribution in [-0.4, -0.2) is 5.88 Å². The van der Waals surface area contributed by atoms with E-state index in [1.54, 1.807) is 0 Å². The second-order valence-corrected chi connectivity index (χ2v) is 4.58. The molecular formula is C16H12Cl2O. The highest BCUT2D eigenvalue weighted by molar-refractivity contribution is 6.30. The fourth-order valence-electron chi connectivity index (χ4n) is 1.56. The van der Waals surface area contributed by atoms with Crippen LogP contribution in [0.1, 0.15) is 11.1 Å². The van der Waals surface area contributed by atoms with Crippen molar-refractivity contribution in [3.63, 3.8) is 0 Å². The molecule has 0 aromatic heterocycles. The summed E-state index contributed by atoms with van der Waals surface area (Å²) in [6.45, 7) is 0.493. The Balaban J connectivity index is 1.96. The third-order valence-corrected chi connectivity index (χ3v) is 2.82. The van der Waals surface area contributed by atoms with E-state index in [1.165, 1.54) is 0 Å². The molecule has 0 unspecified atom stereocenters. The average Bonchev–Trinajstić information content (AvgIpc) is 2.44. The van der Waals surface area contributed by atoms with E-state index in [-0.39, 0.29) is 0 Å². The zero-order valence-electron chi connectivity index (χ0n) is 10.2. The fourth-order valence-corrected chi connectivity index (χ4v) is 1.84. The van der Waals surface area contributed by atoms with Crippen molar-refractivity contribution in [3.05, 3.63) is 64.7 Å². The number of benzene rings is 2. The Bertz CT molecular complexity index is 594. The average molecular weight is 291 g/mol. The Labute approximate surface area is 123 Å². The summed E-state index contributed by atoms with van der Waals surface area (Å²) in [4.78, 5) is 0. The molecule has 0 saturated heterocycles. The van der Waals surface area contributed by atoms with Crippen molar-refractivity contribution in [1.29, 1.82) is 0 Å². The van der Waals surface area contributed by atoms with Gasteiger partial charge < -0.3 is 4.74 Å². The van der Waals surface area contributed by atoms with Crippen molar-refractivity contribution in [2.75, 3.05) is 5.88 Å². The van der Waals surface area contributed by atoms with Gasteiger partial charge in [-0.2, -0.15) is 0 Å². The normalized spacial score (nSPS) is 9.58. The molecule has 0 bridgehead atoms. The predicted molar refractivity (Wildman–Crippen MR) is 79.8 cm³/mol. The molecule has 2 rings (SSSR count). The highest BCUT2D eigenvalue weighted by Crippen LogP contribution is 2.16. The van der Waals surface area contributed by atoms with Crippen LogP contribution in [0.3, 0.4) is 0 Å². The molecule has 0 heterocycles. The molecule has 0 saturated carbocycles. The summed E-state index contributed by atoms with van der Waals surface area (Å²) < 4.78 is 5.67. The summed E-state index contributed by atoms with van der Waals surface area (Å²) >= 11 is 11.4. The van der Waals surface area contributed by atoms with Crippen LogP contribution in [0, 0.1) is 11.8 Å². The van der Waals surface area contributed by atoms with E-state index in [9.17, 15) is 0 Å². The number of ether oxygens (including phenoxy) is 1. The van der Waals surface area contributed by atoms with Gasteiger partial charge in [-0.1, -0.05) is 35.6 Å². The molecule has 0 aliphatic carbocycles. The molecule has 0 aliphatic rings. The zero-order chi connectivity index (χ0) is 13.5. The third kappa shape index (κ3) is 4.52. The van der Waals surface area contributed by atoms with Crippen LogP contribution in [0.15, 0.2) is 48.5 Å². The number of hydrogen-bond acceptors (Lipinski definition) is 1. The topological polar surface area (TPSA) is 9.23 Å². The van der Waals surface area contributed by atoms with Gasteiger partial charge in [-0.3, -0.25) is 0 Å². The van der Waals surface area contributed by atoms with Crippen molar-refractivity contribution >= 4 is 23.2 Å². The molecule has 0 aliphatic heterocycles. The first kappa shape index (κ1) is 13.8. The van der Waals surface area contributed by atoms with Gasteiger partial charge in [-0.15, -0.1) is 11.6 Å². The fraction of sp³-hybridized carbons (Fsp3) is 0.125.